The van der Waals surface area contributed by atoms with Crippen LogP contribution in [0.15, 0.2) is 40.9 Å². The molecular formula is C17H19BrFN. The Labute approximate surface area is 128 Å². The number of rotatable bonds is 4. The summed E-state index contributed by atoms with van der Waals surface area (Å²) in [7, 11) is 0. The van der Waals surface area contributed by atoms with Crippen LogP contribution in [0.25, 0.3) is 0 Å². The van der Waals surface area contributed by atoms with Crippen molar-refractivity contribution in [2.45, 2.75) is 32.7 Å². The molecule has 2 aromatic rings. The zero-order chi connectivity index (χ0) is 14.7. The summed E-state index contributed by atoms with van der Waals surface area (Å²) in [5.41, 5.74) is 10.7. The fraction of sp³-hybridized carbons (Fsp3) is 0.294. The molecule has 0 heterocycles. The maximum absolute atomic E-state index is 13.7. The largest absolute Gasteiger partial charge is 0.320 e. The van der Waals surface area contributed by atoms with Crippen LogP contribution < -0.4 is 5.73 Å². The molecule has 2 N–H and O–H groups in total. The van der Waals surface area contributed by atoms with E-state index in [0.29, 0.717) is 4.47 Å². The van der Waals surface area contributed by atoms with Crippen molar-refractivity contribution in [1.82, 2.24) is 0 Å². The third-order valence-corrected chi connectivity index (χ3v) is 4.28. The second-order valence-electron chi connectivity index (χ2n) is 4.89. The summed E-state index contributed by atoms with van der Waals surface area (Å²) in [5.74, 6) is -0.275. The van der Waals surface area contributed by atoms with Crippen LogP contribution in [0, 0.1) is 5.82 Å². The van der Waals surface area contributed by atoms with Gasteiger partial charge in [0, 0.05) is 0 Å². The average molecular weight is 336 g/mol. The van der Waals surface area contributed by atoms with Crippen molar-refractivity contribution in [2.75, 3.05) is 0 Å². The zero-order valence-electron chi connectivity index (χ0n) is 11.8. The highest BCUT2D eigenvalue weighted by Crippen LogP contribution is 2.27. The molecule has 0 bridgehead atoms. The van der Waals surface area contributed by atoms with E-state index in [0.717, 1.165) is 24.0 Å². The van der Waals surface area contributed by atoms with Gasteiger partial charge in [0.05, 0.1) is 10.5 Å². The number of nitrogens with two attached hydrogens (primary N) is 1. The molecule has 106 valence electrons. The Bertz CT molecular complexity index is 610. The lowest BCUT2D eigenvalue weighted by Gasteiger charge is -2.18. The lowest BCUT2D eigenvalue weighted by Crippen LogP contribution is -2.14. The highest BCUT2D eigenvalue weighted by Gasteiger charge is 2.14. The summed E-state index contributed by atoms with van der Waals surface area (Å²) in [6.07, 6.45) is 1.89. The minimum Gasteiger partial charge on any atom is -0.320 e. The van der Waals surface area contributed by atoms with E-state index in [1.54, 1.807) is 6.07 Å². The van der Waals surface area contributed by atoms with Crippen LogP contribution in [0.2, 0.25) is 0 Å². The lowest BCUT2D eigenvalue weighted by atomic mass is 9.92. The van der Waals surface area contributed by atoms with Gasteiger partial charge in [-0.05, 0) is 63.2 Å². The van der Waals surface area contributed by atoms with Gasteiger partial charge in [-0.2, -0.15) is 0 Å². The molecular weight excluding hydrogens is 317 g/mol. The predicted molar refractivity (Wildman–Crippen MR) is 85.3 cm³/mol. The minimum atomic E-state index is -0.293. The molecule has 0 amide bonds. The first kappa shape index (κ1) is 15.2. The van der Waals surface area contributed by atoms with E-state index in [1.165, 1.54) is 17.2 Å². The van der Waals surface area contributed by atoms with Gasteiger partial charge >= 0.3 is 0 Å². The lowest BCUT2D eigenvalue weighted by molar-refractivity contribution is 0.616. The molecule has 0 radical (unpaired) electrons. The van der Waals surface area contributed by atoms with E-state index < -0.39 is 0 Å². The molecule has 1 atom stereocenters. The van der Waals surface area contributed by atoms with Crippen LogP contribution in [-0.2, 0) is 12.8 Å². The molecule has 0 aromatic heterocycles. The van der Waals surface area contributed by atoms with Crippen LogP contribution in [0.3, 0.4) is 0 Å². The van der Waals surface area contributed by atoms with Crippen molar-refractivity contribution in [2.24, 2.45) is 5.73 Å². The third-order valence-electron chi connectivity index (χ3n) is 3.64. The second kappa shape index (κ2) is 6.51. The Morgan fingerprint density at radius 3 is 2.45 bits per heavy atom. The molecule has 1 nitrogen and oxygen atoms in total. The second-order valence-corrected chi connectivity index (χ2v) is 5.75. The van der Waals surface area contributed by atoms with Crippen molar-refractivity contribution < 1.29 is 4.39 Å². The van der Waals surface area contributed by atoms with Gasteiger partial charge in [0.2, 0.25) is 0 Å². The Morgan fingerprint density at radius 1 is 1.10 bits per heavy atom. The van der Waals surface area contributed by atoms with E-state index in [9.17, 15) is 4.39 Å². The monoisotopic (exact) mass is 335 g/mol. The van der Waals surface area contributed by atoms with Gasteiger partial charge in [-0.15, -0.1) is 0 Å². The summed E-state index contributed by atoms with van der Waals surface area (Å²) in [4.78, 5) is 0. The van der Waals surface area contributed by atoms with Crippen molar-refractivity contribution in [1.29, 1.82) is 0 Å². The van der Waals surface area contributed by atoms with Crippen molar-refractivity contribution >= 4 is 15.9 Å². The molecule has 1 unspecified atom stereocenters. The Hall–Kier alpha value is -1.19. The minimum absolute atomic E-state index is 0.275. The normalized spacial score (nSPS) is 12.4. The molecule has 0 saturated carbocycles. The number of halogens is 2. The topological polar surface area (TPSA) is 26.0 Å². The highest BCUT2D eigenvalue weighted by atomic mass is 79.9. The van der Waals surface area contributed by atoms with Crippen molar-refractivity contribution in [3.63, 3.8) is 0 Å². The standard InChI is InChI=1S/C17H19BrFN/c1-3-11-5-6-12(4-2)14(9-11)17(20)13-7-8-15(18)16(19)10-13/h5-10,17H,3-4,20H2,1-2H3. The first-order valence-electron chi connectivity index (χ1n) is 6.89. The van der Waals surface area contributed by atoms with Crippen LogP contribution in [0.5, 0.6) is 0 Å². The average Bonchev–Trinajstić information content (AvgIpc) is 2.48. The number of hydrogen-bond donors (Lipinski definition) is 1. The molecule has 2 rings (SSSR count). The summed E-state index contributed by atoms with van der Waals surface area (Å²) in [6, 6.07) is 11.2. The SMILES string of the molecule is CCc1ccc(CC)c(C(N)c2ccc(Br)c(F)c2)c1. The fourth-order valence-corrected chi connectivity index (χ4v) is 2.61. The van der Waals surface area contributed by atoms with Gasteiger partial charge < -0.3 is 5.73 Å². The molecule has 3 heteroatoms. The van der Waals surface area contributed by atoms with Gasteiger partial charge in [0.15, 0.2) is 0 Å². The van der Waals surface area contributed by atoms with Gasteiger partial charge in [0.25, 0.3) is 0 Å². The maximum atomic E-state index is 13.7. The van der Waals surface area contributed by atoms with Gasteiger partial charge in [-0.1, -0.05) is 38.1 Å². The van der Waals surface area contributed by atoms with E-state index in [-0.39, 0.29) is 11.9 Å². The van der Waals surface area contributed by atoms with Gasteiger partial charge in [-0.3, -0.25) is 0 Å². The summed E-state index contributed by atoms with van der Waals surface area (Å²) in [6.45, 7) is 4.23. The molecule has 0 fully saturated rings. The first-order chi connectivity index (χ1) is 9.56. The quantitative estimate of drug-likeness (QED) is 0.856. The molecule has 0 saturated heterocycles. The van der Waals surface area contributed by atoms with Crippen LogP contribution in [0.1, 0.15) is 42.1 Å². The smallest absolute Gasteiger partial charge is 0.137 e. The van der Waals surface area contributed by atoms with E-state index in [2.05, 4.69) is 48.0 Å². The predicted octanol–water partition coefficient (Wildman–Crippen LogP) is 4.76. The number of aryl methyl sites for hydroxylation is 2. The number of benzene rings is 2. The van der Waals surface area contributed by atoms with Gasteiger partial charge in [-0.25, -0.2) is 4.39 Å². The molecule has 2 aromatic carbocycles. The van der Waals surface area contributed by atoms with E-state index >= 15 is 0 Å². The van der Waals surface area contributed by atoms with Gasteiger partial charge in [0.1, 0.15) is 5.82 Å². The molecule has 20 heavy (non-hydrogen) atoms. The molecule has 0 spiro atoms. The Balaban J connectivity index is 2.45. The first-order valence-corrected chi connectivity index (χ1v) is 7.68. The summed E-state index contributed by atoms with van der Waals surface area (Å²) in [5, 5.41) is 0. The number of hydrogen-bond acceptors (Lipinski definition) is 1. The summed E-state index contributed by atoms with van der Waals surface area (Å²) >= 11 is 3.17. The van der Waals surface area contributed by atoms with Crippen LogP contribution in [0.4, 0.5) is 4.39 Å². The third kappa shape index (κ3) is 3.10. The Morgan fingerprint density at radius 2 is 1.85 bits per heavy atom. The molecule has 0 aliphatic rings. The highest BCUT2D eigenvalue weighted by molar-refractivity contribution is 9.10. The van der Waals surface area contributed by atoms with E-state index in [1.807, 2.05) is 6.07 Å². The molecule has 0 aliphatic heterocycles. The fourth-order valence-electron chi connectivity index (χ4n) is 2.36. The van der Waals surface area contributed by atoms with E-state index in [4.69, 9.17) is 5.73 Å². The maximum Gasteiger partial charge on any atom is 0.137 e. The van der Waals surface area contributed by atoms with Crippen molar-refractivity contribution in [3.8, 4) is 0 Å². The molecule has 0 aliphatic carbocycles. The zero-order valence-corrected chi connectivity index (χ0v) is 13.4. The van der Waals surface area contributed by atoms with Crippen molar-refractivity contribution in [3.05, 3.63) is 68.9 Å². The Kier molecular flexibility index (Phi) is 4.95. The summed E-state index contributed by atoms with van der Waals surface area (Å²) < 4.78 is 14.1. The van der Waals surface area contributed by atoms with Crippen LogP contribution in [-0.4, -0.2) is 0 Å². The van der Waals surface area contributed by atoms with Crippen LogP contribution >= 0.6 is 15.9 Å².